The second-order valence-electron chi connectivity index (χ2n) is 5.83. The summed E-state index contributed by atoms with van der Waals surface area (Å²) >= 11 is 1.86. The quantitative estimate of drug-likeness (QED) is 0.927. The topological polar surface area (TPSA) is 27.6 Å². The van der Waals surface area contributed by atoms with Gasteiger partial charge in [0, 0.05) is 18.8 Å². The molecule has 0 radical (unpaired) electrons. The molecular formula is C16H23N3S. The van der Waals surface area contributed by atoms with Gasteiger partial charge in [-0.2, -0.15) is 0 Å². The normalized spacial score (nSPS) is 29.6. The van der Waals surface area contributed by atoms with Crippen molar-refractivity contribution in [2.75, 3.05) is 32.4 Å². The van der Waals surface area contributed by atoms with Crippen LogP contribution in [0.3, 0.4) is 0 Å². The van der Waals surface area contributed by atoms with Crippen LogP contribution in [0.1, 0.15) is 24.4 Å². The predicted octanol–water partition coefficient (Wildman–Crippen LogP) is 2.76. The first kappa shape index (κ1) is 14.0. The van der Waals surface area contributed by atoms with E-state index in [1.807, 2.05) is 11.8 Å². The van der Waals surface area contributed by atoms with E-state index < -0.39 is 0 Å². The van der Waals surface area contributed by atoms with Crippen LogP contribution < -0.4 is 5.32 Å². The molecule has 0 bridgehead atoms. The predicted molar refractivity (Wildman–Crippen MR) is 87.3 cm³/mol. The molecular weight excluding hydrogens is 266 g/mol. The lowest BCUT2D eigenvalue weighted by Gasteiger charge is -2.28. The second kappa shape index (κ2) is 6.64. The highest BCUT2D eigenvalue weighted by molar-refractivity contribution is 8.14. The Bertz CT molecular complexity index is 460. The fraction of sp³-hybridized carbons (Fsp3) is 0.562. The molecule has 2 atom stereocenters. The Labute approximate surface area is 125 Å². The SMILES string of the molecule is CN1CCCC(CN=C2NC(c3ccccc3)CS2)C1. The Hall–Kier alpha value is -1.00. The van der Waals surface area contributed by atoms with E-state index in [1.54, 1.807) is 0 Å². The molecule has 2 saturated heterocycles. The molecule has 2 aliphatic heterocycles. The van der Waals surface area contributed by atoms with Gasteiger partial charge in [-0.3, -0.25) is 4.99 Å². The maximum absolute atomic E-state index is 4.80. The van der Waals surface area contributed by atoms with Crippen molar-refractivity contribution in [3.63, 3.8) is 0 Å². The van der Waals surface area contributed by atoms with E-state index in [2.05, 4.69) is 47.6 Å². The first-order valence-corrected chi connectivity index (χ1v) is 8.47. The van der Waals surface area contributed by atoms with E-state index >= 15 is 0 Å². The zero-order valence-electron chi connectivity index (χ0n) is 12.1. The number of piperidine rings is 1. The monoisotopic (exact) mass is 289 g/mol. The maximum atomic E-state index is 4.80. The third-order valence-electron chi connectivity index (χ3n) is 4.10. The standard InChI is InChI=1S/C16H23N3S/c1-19-9-5-6-13(11-19)10-17-16-18-15(12-20-16)14-7-3-2-4-8-14/h2-4,7-8,13,15H,5-6,9-12H2,1H3,(H,17,18). The van der Waals surface area contributed by atoms with Gasteiger partial charge in [0.1, 0.15) is 0 Å². The number of benzene rings is 1. The lowest BCUT2D eigenvalue weighted by atomic mass is 9.99. The van der Waals surface area contributed by atoms with Crippen LogP contribution in [0.25, 0.3) is 0 Å². The number of rotatable bonds is 3. The van der Waals surface area contributed by atoms with Gasteiger partial charge in [-0.05, 0) is 37.9 Å². The fourth-order valence-electron chi connectivity index (χ4n) is 2.99. The Morgan fingerprint density at radius 2 is 2.20 bits per heavy atom. The van der Waals surface area contributed by atoms with Gasteiger partial charge < -0.3 is 10.2 Å². The molecule has 4 heteroatoms. The average molecular weight is 289 g/mol. The van der Waals surface area contributed by atoms with Crippen molar-refractivity contribution < 1.29 is 0 Å². The van der Waals surface area contributed by atoms with Crippen LogP contribution in [0.15, 0.2) is 35.3 Å². The van der Waals surface area contributed by atoms with Crippen molar-refractivity contribution in [1.82, 2.24) is 10.2 Å². The highest BCUT2D eigenvalue weighted by Crippen LogP contribution is 2.26. The molecule has 2 heterocycles. The molecule has 20 heavy (non-hydrogen) atoms. The summed E-state index contributed by atoms with van der Waals surface area (Å²) in [6, 6.07) is 11.1. The molecule has 0 aliphatic carbocycles. The summed E-state index contributed by atoms with van der Waals surface area (Å²) in [6.07, 6.45) is 2.65. The largest absolute Gasteiger partial charge is 0.357 e. The average Bonchev–Trinajstić information content (AvgIpc) is 2.95. The minimum Gasteiger partial charge on any atom is -0.357 e. The van der Waals surface area contributed by atoms with E-state index in [-0.39, 0.29) is 0 Å². The van der Waals surface area contributed by atoms with E-state index in [0.717, 1.165) is 23.4 Å². The number of nitrogens with zero attached hydrogens (tertiary/aromatic N) is 2. The third-order valence-corrected chi connectivity index (χ3v) is 5.12. The molecule has 1 aromatic rings. The summed E-state index contributed by atoms with van der Waals surface area (Å²) in [5.41, 5.74) is 1.36. The van der Waals surface area contributed by atoms with Gasteiger partial charge in [-0.1, -0.05) is 42.1 Å². The molecule has 1 aromatic carbocycles. The number of nitrogens with one attached hydrogen (secondary N) is 1. The number of likely N-dealkylation sites (tertiary alicyclic amines) is 1. The van der Waals surface area contributed by atoms with Gasteiger partial charge in [0.25, 0.3) is 0 Å². The van der Waals surface area contributed by atoms with Gasteiger partial charge in [-0.15, -0.1) is 0 Å². The van der Waals surface area contributed by atoms with Crippen molar-refractivity contribution in [3.8, 4) is 0 Å². The molecule has 0 aromatic heterocycles. The van der Waals surface area contributed by atoms with Crippen molar-refractivity contribution in [1.29, 1.82) is 0 Å². The summed E-state index contributed by atoms with van der Waals surface area (Å²) in [4.78, 5) is 7.23. The summed E-state index contributed by atoms with van der Waals surface area (Å²) in [7, 11) is 2.22. The summed E-state index contributed by atoms with van der Waals surface area (Å²) in [5.74, 6) is 1.83. The van der Waals surface area contributed by atoms with Crippen molar-refractivity contribution in [2.45, 2.75) is 18.9 Å². The van der Waals surface area contributed by atoms with Crippen LogP contribution in [0.2, 0.25) is 0 Å². The molecule has 2 aliphatic rings. The van der Waals surface area contributed by atoms with E-state index in [0.29, 0.717) is 6.04 Å². The summed E-state index contributed by atoms with van der Waals surface area (Å²) in [6.45, 7) is 3.42. The minimum absolute atomic E-state index is 0.425. The van der Waals surface area contributed by atoms with E-state index in [4.69, 9.17) is 4.99 Å². The molecule has 2 fully saturated rings. The zero-order valence-corrected chi connectivity index (χ0v) is 12.9. The van der Waals surface area contributed by atoms with Crippen molar-refractivity contribution in [3.05, 3.63) is 35.9 Å². The molecule has 0 amide bonds. The molecule has 108 valence electrons. The number of aliphatic imine (C=N–C) groups is 1. The first-order chi connectivity index (χ1) is 9.81. The minimum atomic E-state index is 0.425. The van der Waals surface area contributed by atoms with Crippen LogP contribution in [0.4, 0.5) is 0 Å². The van der Waals surface area contributed by atoms with Crippen LogP contribution in [-0.2, 0) is 0 Å². The number of hydrogen-bond acceptors (Lipinski definition) is 3. The summed E-state index contributed by atoms with van der Waals surface area (Å²) < 4.78 is 0. The highest BCUT2D eigenvalue weighted by atomic mass is 32.2. The van der Waals surface area contributed by atoms with E-state index in [9.17, 15) is 0 Å². The molecule has 2 unspecified atom stereocenters. The van der Waals surface area contributed by atoms with Gasteiger partial charge in [0.05, 0.1) is 6.04 Å². The lowest BCUT2D eigenvalue weighted by molar-refractivity contribution is 0.214. The number of hydrogen-bond donors (Lipinski definition) is 1. The molecule has 3 nitrogen and oxygen atoms in total. The molecule has 0 saturated carbocycles. The van der Waals surface area contributed by atoms with Gasteiger partial charge in [0.15, 0.2) is 5.17 Å². The van der Waals surface area contributed by atoms with Crippen LogP contribution in [-0.4, -0.2) is 42.5 Å². The third kappa shape index (κ3) is 3.55. The summed E-state index contributed by atoms with van der Waals surface area (Å²) in [5, 5.41) is 4.69. The molecule has 1 N–H and O–H groups in total. The van der Waals surface area contributed by atoms with E-state index in [1.165, 1.54) is 31.5 Å². The number of amidine groups is 1. The fourth-order valence-corrected chi connectivity index (χ4v) is 3.98. The van der Waals surface area contributed by atoms with Crippen LogP contribution in [0.5, 0.6) is 0 Å². The van der Waals surface area contributed by atoms with Gasteiger partial charge in [0.2, 0.25) is 0 Å². The zero-order chi connectivity index (χ0) is 13.8. The maximum Gasteiger partial charge on any atom is 0.157 e. The van der Waals surface area contributed by atoms with Gasteiger partial charge in [-0.25, -0.2) is 0 Å². The van der Waals surface area contributed by atoms with Crippen molar-refractivity contribution >= 4 is 16.9 Å². The van der Waals surface area contributed by atoms with Gasteiger partial charge >= 0.3 is 0 Å². The Balaban J connectivity index is 1.53. The Morgan fingerprint density at radius 1 is 1.35 bits per heavy atom. The molecule has 3 rings (SSSR count). The number of thioether (sulfide) groups is 1. The highest BCUT2D eigenvalue weighted by Gasteiger charge is 2.22. The van der Waals surface area contributed by atoms with Crippen LogP contribution in [0, 0.1) is 5.92 Å². The Kier molecular flexibility index (Phi) is 4.63. The Morgan fingerprint density at radius 3 is 3.00 bits per heavy atom. The van der Waals surface area contributed by atoms with Crippen LogP contribution >= 0.6 is 11.8 Å². The van der Waals surface area contributed by atoms with Crippen molar-refractivity contribution in [2.24, 2.45) is 10.9 Å². The second-order valence-corrected chi connectivity index (χ2v) is 6.84. The lowest BCUT2D eigenvalue weighted by Crippen LogP contribution is -2.33. The first-order valence-electron chi connectivity index (χ1n) is 7.48. The molecule has 0 spiro atoms. The smallest absolute Gasteiger partial charge is 0.157 e.